The first-order valence-electron chi connectivity index (χ1n) is 6.99. The van der Waals surface area contributed by atoms with Gasteiger partial charge in [-0.25, -0.2) is 0 Å². The van der Waals surface area contributed by atoms with E-state index in [2.05, 4.69) is 0 Å². The van der Waals surface area contributed by atoms with E-state index in [0.717, 1.165) is 17.2 Å². The summed E-state index contributed by atoms with van der Waals surface area (Å²) in [6, 6.07) is 7.77. The van der Waals surface area contributed by atoms with Gasteiger partial charge in [0.1, 0.15) is 0 Å². The van der Waals surface area contributed by atoms with Gasteiger partial charge in [-0.15, -0.1) is 11.8 Å². The summed E-state index contributed by atoms with van der Waals surface area (Å²) in [7, 11) is 0. The van der Waals surface area contributed by atoms with Crippen LogP contribution in [-0.4, -0.2) is 40.9 Å². The lowest BCUT2D eigenvalue weighted by Gasteiger charge is -2.29. The third kappa shape index (κ3) is 5.00. The molecule has 0 bridgehead atoms. The molecule has 1 fully saturated rings. The molecule has 1 N–H and O–H groups in total. The van der Waals surface area contributed by atoms with Crippen molar-refractivity contribution in [3.8, 4) is 0 Å². The summed E-state index contributed by atoms with van der Waals surface area (Å²) in [5.41, 5.74) is 0. The fraction of sp³-hybridized carbons (Fsp3) is 0.533. The minimum absolute atomic E-state index is 0.216. The van der Waals surface area contributed by atoms with E-state index in [1.54, 1.807) is 11.8 Å². The molecule has 0 atom stereocenters. The number of hydrogen-bond acceptors (Lipinski definition) is 3. The molecule has 1 saturated heterocycles. The zero-order valence-corrected chi connectivity index (χ0v) is 13.0. The van der Waals surface area contributed by atoms with Crippen LogP contribution < -0.4 is 0 Å². The number of carbonyl (C=O) groups excluding carboxylic acids is 1. The smallest absolute Gasteiger partial charge is 0.222 e. The molecule has 0 aromatic heterocycles. The second kappa shape index (κ2) is 7.91. The number of likely N-dealkylation sites (tertiary alicyclic amines) is 1. The Kier molecular flexibility index (Phi) is 6.20. The van der Waals surface area contributed by atoms with Crippen LogP contribution in [0.3, 0.4) is 0 Å². The molecule has 1 aliphatic rings. The molecular weight excluding hydrogens is 294 g/mol. The van der Waals surface area contributed by atoms with Crippen LogP contribution in [0.1, 0.15) is 25.7 Å². The summed E-state index contributed by atoms with van der Waals surface area (Å²) in [6.45, 7) is 1.40. The van der Waals surface area contributed by atoms with Crippen molar-refractivity contribution in [1.82, 2.24) is 4.90 Å². The monoisotopic (exact) mass is 313 g/mol. The number of amides is 1. The summed E-state index contributed by atoms with van der Waals surface area (Å²) in [4.78, 5) is 15.0. The lowest BCUT2D eigenvalue weighted by atomic mass is 10.1. The number of hydrogen-bond donors (Lipinski definition) is 1. The number of carbonyl (C=O) groups is 1. The molecule has 110 valence electrons. The summed E-state index contributed by atoms with van der Waals surface area (Å²) in [5.74, 6) is 1.15. The minimum Gasteiger partial charge on any atom is -0.393 e. The summed E-state index contributed by atoms with van der Waals surface area (Å²) < 4.78 is 0. The van der Waals surface area contributed by atoms with Gasteiger partial charge in [0.15, 0.2) is 0 Å². The van der Waals surface area contributed by atoms with Crippen LogP contribution in [0.5, 0.6) is 0 Å². The fourth-order valence-electron chi connectivity index (χ4n) is 2.22. The van der Waals surface area contributed by atoms with Gasteiger partial charge in [0.05, 0.1) is 6.10 Å². The van der Waals surface area contributed by atoms with Gasteiger partial charge in [-0.1, -0.05) is 11.6 Å². The summed E-state index contributed by atoms with van der Waals surface area (Å²) >= 11 is 7.58. The second-order valence-electron chi connectivity index (χ2n) is 5.02. The van der Waals surface area contributed by atoms with E-state index >= 15 is 0 Å². The molecule has 1 aliphatic heterocycles. The van der Waals surface area contributed by atoms with Crippen molar-refractivity contribution in [2.24, 2.45) is 0 Å². The fourth-order valence-corrected chi connectivity index (χ4v) is 3.20. The standard InChI is InChI=1S/C15H20ClNO2S/c16-12-3-5-14(6-4-12)20-11-1-2-15(19)17-9-7-13(18)8-10-17/h3-6,13,18H,1-2,7-11H2. The molecular formula is C15H20ClNO2S. The molecule has 1 amide bonds. The number of piperidine rings is 1. The van der Waals surface area contributed by atoms with Crippen LogP contribution >= 0.6 is 23.4 Å². The van der Waals surface area contributed by atoms with Gasteiger partial charge in [0, 0.05) is 29.4 Å². The van der Waals surface area contributed by atoms with Gasteiger partial charge in [0.2, 0.25) is 5.91 Å². The first-order chi connectivity index (χ1) is 9.65. The zero-order chi connectivity index (χ0) is 14.4. The molecule has 1 heterocycles. The topological polar surface area (TPSA) is 40.5 Å². The van der Waals surface area contributed by atoms with E-state index in [-0.39, 0.29) is 12.0 Å². The predicted octanol–water partition coefficient (Wildman–Crippen LogP) is 3.20. The van der Waals surface area contributed by atoms with Crippen molar-refractivity contribution >= 4 is 29.3 Å². The van der Waals surface area contributed by atoms with Crippen molar-refractivity contribution in [2.75, 3.05) is 18.8 Å². The van der Waals surface area contributed by atoms with Gasteiger partial charge in [-0.05, 0) is 49.3 Å². The largest absolute Gasteiger partial charge is 0.393 e. The van der Waals surface area contributed by atoms with Crippen LogP contribution in [0, 0.1) is 0 Å². The minimum atomic E-state index is -0.223. The van der Waals surface area contributed by atoms with Crippen molar-refractivity contribution in [3.05, 3.63) is 29.3 Å². The lowest BCUT2D eigenvalue weighted by Crippen LogP contribution is -2.39. The molecule has 0 unspecified atom stereocenters. The predicted molar refractivity (Wildman–Crippen MR) is 83.2 cm³/mol. The Bertz CT molecular complexity index is 430. The maximum Gasteiger partial charge on any atom is 0.222 e. The molecule has 20 heavy (non-hydrogen) atoms. The molecule has 1 aromatic carbocycles. The van der Waals surface area contributed by atoms with Gasteiger partial charge in [-0.2, -0.15) is 0 Å². The Hall–Kier alpha value is -0.710. The number of rotatable bonds is 5. The number of aliphatic hydroxyl groups is 1. The summed E-state index contributed by atoms with van der Waals surface area (Å²) in [5, 5.41) is 10.2. The second-order valence-corrected chi connectivity index (χ2v) is 6.62. The Morgan fingerprint density at radius 3 is 2.60 bits per heavy atom. The Morgan fingerprint density at radius 2 is 1.95 bits per heavy atom. The highest BCUT2D eigenvalue weighted by atomic mass is 35.5. The Labute approximate surface area is 129 Å². The molecule has 0 aliphatic carbocycles. The average molecular weight is 314 g/mol. The normalized spacial score (nSPS) is 16.4. The number of thioether (sulfide) groups is 1. The Morgan fingerprint density at radius 1 is 1.30 bits per heavy atom. The van der Waals surface area contributed by atoms with E-state index in [9.17, 15) is 9.90 Å². The molecule has 0 radical (unpaired) electrons. The van der Waals surface area contributed by atoms with Crippen LogP contribution in [0.15, 0.2) is 29.2 Å². The Balaban J connectivity index is 1.63. The van der Waals surface area contributed by atoms with Crippen LogP contribution in [0.2, 0.25) is 5.02 Å². The van der Waals surface area contributed by atoms with E-state index < -0.39 is 0 Å². The van der Waals surface area contributed by atoms with E-state index in [0.29, 0.717) is 32.4 Å². The van der Waals surface area contributed by atoms with Gasteiger partial charge in [0.25, 0.3) is 0 Å². The lowest BCUT2D eigenvalue weighted by molar-refractivity contribution is -0.133. The molecule has 0 spiro atoms. The third-order valence-electron chi connectivity index (χ3n) is 3.43. The quantitative estimate of drug-likeness (QED) is 0.670. The van der Waals surface area contributed by atoms with Crippen LogP contribution in [0.4, 0.5) is 0 Å². The van der Waals surface area contributed by atoms with Crippen LogP contribution in [-0.2, 0) is 4.79 Å². The number of benzene rings is 1. The van der Waals surface area contributed by atoms with Crippen molar-refractivity contribution in [2.45, 2.75) is 36.7 Å². The SMILES string of the molecule is O=C(CCCSc1ccc(Cl)cc1)N1CCC(O)CC1. The highest BCUT2D eigenvalue weighted by Gasteiger charge is 2.20. The summed E-state index contributed by atoms with van der Waals surface area (Å²) in [6.07, 6.45) is 2.68. The van der Waals surface area contributed by atoms with E-state index in [1.165, 1.54) is 4.90 Å². The van der Waals surface area contributed by atoms with Gasteiger partial charge < -0.3 is 10.0 Å². The molecule has 1 aromatic rings. The molecule has 5 heteroatoms. The third-order valence-corrected chi connectivity index (χ3v) is 4.78. The highest BCUT2D eigenvalue weighted by molar-refractivity contribution is 7.99. The van der Waals surface area contributed by atoms with Crippen LogP contribution in [0.25, 0.3) is 0 Å². The van der Waals surface area contributed by atoms with E-state index in [4.69, 9.17) is 11.6 Å². The number of halogens is 1. The number of nitrogens with zero attached hydrogens (tertiary/aromatic N) is 1. The number of aliphatic hydroxyl groups excluding tert-OH is 1. The molecule has 2 rings (SSSR count). The first-order valence-corrected chi connectivity index (χ1v) is 8.36. The zero-order valence-electron chi connectivity index (χ0n) is 11.4. The van der Waals surface area contributed by atoms with Gasteiger partial charge >= 0.3 is 0 Å². The maximum absolute atomic E-state index is 12.0. The van der Waals surface area contributed by atoms with E-state index in [1.807, 2.05) is 29.2 Å². The van der Waals surface area contributed by atoms with Gasteiger partial charge in [-0.3, -0.25) is 4.79 Å². The maximum atomic E-state index is 12.0. The molecule has 0 saturated carbocycles. The highest BCUT2D eigenvalue weighted by Crippen LogP contribution is 2.21. The van der Waals surface area contributed by atoms with Crippen molar-refractivity contribution in [1.29, 1.82) is 0 Å². The molecule has 3 nitrogen and oxygen atoms in total. The van der Waals surface area contributed by atoms with Crippen molar-refractivity contribution < 1.29 is 9.90 Å². The average Bonchev–Trinajstić information content (AvgIpc) is 2.46. The van der Waals surface area contributed by atoms with Crippen molar-refractivity contribution in [3.63, 3.8) is 0 Å². The first kappa shape index (κ1) is 15.7.